The molecule has 25 heavy (non-hydrogen) atoms. The van der Waals surface area contributed by atoms with Gasteiger partial charge in [-0.15, -0.1) is 0 Å². The van der Waals surface area contributed by atoms with Crippen molar-refractivity contribution in [3.05, 3.63) is 65.7 Å². The summed E-state index contributed by atoms with van der Waals surface area (Å²) in [6.45, 7) is 1.70. The standard InChI is InChI=1S/C21H23NO3/c1-16-8-7-11-18(14-16)22-19(23)15-25-20(24)21(12-5-6-13-21)17-9-3-2-4-10-17/h2-4,7-11,14H,5-6,12-13,15H2,1H3,(H,22,23). The van der Waals surface area contributed by atoms with Crippen molar-refractivity contribution in [3.63, 3.8) is 0 Å². The monoisotopic (exact) mass is 337 g/mol. The molecule has 3 rings (SSSR count). The van der Waals surface area contributed by atoms with Gasteiger partial charge in [-0.1, -0.05) is 55.3 Å². The van der Waals surface area contributed by atoms with Crippen molar-refractivity contribution in [2.45, 2.75) is 38.0 Å². The van der Waals surface area contributed by atoms with Crippen molar-refractivity contribution in [2.24, 2.45) is 0 Å². The summed E-state index contributed by atoms with van der Waals surface area (Å²) in [6.07, 6.45) is 3.55. The molecule has 2 aromatic rings. The Morgan fingerprint density at radius 1 is 1.04 bits per heavy atom. The Bertz CT molecular complexity index is 749. The molecule has 0 bridgehead atoms. The highest BCUT2D eigenvalue weighted by Crippen LogP contribution is 2.42. The number of benzene rings is 2. The van der Waals surface area contributed by atoms with Crippen LogP contribution in [0, 0.1) is 6.92 Å². The Morgan fingerprint density at radius 2 is 1.76 bits per heavy atom. The Labute approximate surface area is 148 Å². The molecule has 1 aliphatic carbocycles. The molecule has 1 aliphatic rings. The summed E-state index contributed by atoms with van der Waals surface area (Å²) in [6, 6.07) is 17.3. The molecule has 1 amide bonds. The van der Waals surface area contributed by atoms with Gasteiger partial charge in [-0.3, -0.25) is 9.59 Å². The van der Waals surface area contributed by atoms with E-state index in [1.165, 1.54) is 0 Å². The first-order chi connectivity index (χ1) is 12.1. The zero-order valence-corrected chi connectivity index (χ0v) is 14.5. The summed E-state index contributed by atoms with van der Waals surface area (Å²) in [5.41, 5.74) is 2.14. The summed E-state index contributed by atoms with van der Waals surface area (Å²) in [5, 5.41) is 2.76. The van der Waals surface area contributed by atoms with Crippen LogP contribution in [0.5, 0.6) is 0 Å². The molecule has 0 radical (unpaired) electrons. The molecule has 0 atom stereocenters. The first kappa shape index (κ1) is 17.2. The number of esters is 1. The Balaban J connectivity index is 1.63. The third-order valence-corrected chi connectivity index (χ3v) is 4.81. The number of carbonyl (C=O) groups is 2. The average molecular weight is 337 g/mol. The molecule has 1 N–H and O–H groups in total. The second-order valence-electron chi connectivity index (χ2n) is 6.65. The van der Waals surface area contributed by atoms with Crippen LogP contribution in [-0.4, -0.2) is 18.5 Å². The van der Waals surface area contributed by atoms with Gasteiger partial charge in [0.05, 0.1) is 5.41 Å². The molecule has 4 nitrogen and oxygen atoms in total. The number of amides is 1. The maximum absolute atomic E-state index is 12.8. The molecular formula is C21H23NO3. The van der Waals surface area contributed by atoms with Crippen molar-refractivity contribution < 1.29 is 14.3 Å². The van der Waals surface area contributed by atoms with Crippen molar-refractivity contribution in [1.82, 2.24) is 0 Å². The third-order valence-electron chi connectivity index (χ3n) is 4.81. The molecule has 0 aliphatic heterocycles. The molecule has 2 aromatic carbocycles. The van der Waals surface area contributed by atoms with Crippen LogP contribution < -0.4 is 5.32 Å². The fourth-order valence-corrected chi connectivity index (χ4v) is 3.54. The van der Waals surface area contributed by atoms with E-state index in [-0.39, 0.29) is 18.5 Å². The maximum atomic E-state index is 12.8. The maximum Gasteiger partial charge on any atom is 0.317 e. The van der Waals surface area contributed by atoms with Gasteiger partial charge in [0, 0.05) is 5.69 Å². The van der Waals surface area contributed by atoms with Gasteiger partial charge < -0.3 is 10.1 Å². The smallest absolute Gasteiger partial charge is 0.317 e. The highest BCUT2D eigenvalue weighted by molar-refractivity contribution is 5.94. The molecule has 0 saturated heterocycles. The fourth-order valence-electron chi connectivity index (χ4n) is 3.54. The predicted molar refractivity (Wildman–Crippen MR) is 97.4 cm³/mol. The molecule has 0 heterocycles. The van der Waals surface area contributed by atoms with Gasteiger partial charge in [-0.2, -0.15) is 0 Å². The van der Waals surface area contributed by atoms with Gasteiger partial charge >= 0.3 is 5.97 Å². The first-order valence-corrected chi connectivity index (χ1v) is 8.69. The molecular weight excluding hydrogens is 314 g/mol. The summed E-state index contributed by atoms with van der Waals surface area (Å²) in [5.74, 6) is -0.615. The minimum absolute atomic E-state index is 0.263. The van der Waals surface area contributed by atoms with Crippen molar-refractivity contribution in [3.8, 4) is 0 Å². The number of aryl methyl sites for hydroxylation is 1. The molecule has 1 saturated carbocycles. The molecule has 0 unspecified atom stereocenters. The number of ether oxygens (including phenoxy) is 1. The lowest BCUT2D eigenvalue weighted by Crippen LogP contribution is -2.36. The van der Waals surface area contributed by atoms with Gasteiger partial charge in [-0.25, -0.2) is 0 Å². The highest BCUT2D eigenvalue weighted by atomic mass is 16.5. The van der Waals surface area contributed by atoms with Gasteiger partial charge in [0.2, 0.25) is 0 Å². The highest BCUT2D eigenvalue weighted by Gasteiger charge is 2.44. The molecule has 0 aromatic heterocycles. The van der Waals surface area contributed by atoms with Crippen LogP contribution in [0.15, 0.2) is 54.6 Å². The largest absolute Gasteiger partial charge is 0.455 e. The van der Waals surface area contributed by atoms with E-state index in [0.717, 1.165) is 36.8 Å². The third kappa shape index (κ3) is 3.90. The SMILES string of the molecule is Cc1cccc(NC(=O)COC(=O)C2(c3ccccc3)CCCC2)c1. The van der Waals surface area contributed by atoms with E-state index in [4.69, 9.17) is 4.74 Å². The van der Waals surface area contributed by atoms with Crippen LogP contribution >= 0.6 is 0 Å². The number of anilines is 1. The summed E-state index contributed by atoms with van der Waals surface area (Å²) in [4.78, 5) is 24.9. The van der Waals surface area contributed by atoms with Crippen LogP contribution in [-0.2, 0) is 19.7 Å². The fraction of sp³-hybridized carbons (Fsp3) is 0.333. The van der Waals surface area contributed by atoms with Crippen molar-refractivity contribution in [2.75, 3.05) is 11.9 Å². The van der Waals surface area contributed by atoms with Crippen LogP contribution in [0.3, 0.4) is 0 Å². The first-order valence-electron chi connectivity index (χ1n) is 8.69. The van der Waals surface area contributed by atoms with Gasteiger partial charge in [0.1, 0.15) is 0 Å². The zero-order valence-electron chi connectivity index (χ0n) is 14.5. The summed E-state index contributed by atoms with van der Waals surface area (Å²) >= 11 is 0. The Morgan fingerprint density at radius 3 is 2.44 bits per heavy atom. The average Bonchev–Trinajstić information content (AvgIpc) is 3.11. The van der Waals surface area contributed by atoms with Crippen LogP contribution in [0.4, 0.5) is 5.69 Å². The number of carbonyl (C=O) groups excluding carboxylic acids is 2. The quantitative estimate of drug-likeness (QED) is 0.839. The molecule has 130 valence electrons. The Kier molecular flexibility index (Phi) is 5.17. The lowest BCUT2D eigenvalue weighted by Gasteiger charge is -2.27. The van der Waals surface area contributed by atoms with Crippen molar-refractivity contribution in [1.29, 1.82) is 0 Å². The number of rotatable bonds is 5. The lowest BCUT2D eigenvalue weighted by molar-refractivity contribution is -0.153. The number of hydrogen-bond donors (Lipinski definition) is 1. The number of nitrogens with one attached hydrogen (secondary N) is 1. The molecule has 4 heteroatoms. The van der Waals surface area contributed by atoms with E-state index in [2.05, 4.69) is 5.32 Å². The van der Waals surface area contributed by atoms with E-state index in [1.807, 2.05) is 61.5 Å². The van der Waals surface area contributed by atoms with Gasteiger partial charge in [0.25, 0.3) is 5.91 Å². The second kappa shape index (κ2) is 7.51. The topological polar surface area (TPSA) is 55.4 Å². The zero-order chi connectivity index (χ0) is 17.7. The van der Waals surface area contributed by atoms with Crippen LogP contribution in [0.2, 0.25) is 0 Å². The lowest BCUT2D eigenvalue weighted by atomic mass is 9.79. The minimum atomic E-state index is -0.606. The van der Waals surface area contributed by atoms with Gasteiger partial charge in [-0.05, 0) is 43.0 Å². The van der Waals surface area contributed by atoms with Crippen molar-refractivity contribution >= 4 is 17.6 Å². The number of hydrogen-bond acceptors (Lipinski definition) is 3. The normalized spacial score (nSPS) is 15.6. The summed E-state index contributed by atoms with van der Waals surface area (Å²) < 4.78 is 5.40. The summed E-state index contributed by atoms with van der Waals surface area (Å²) in [7, 11) is 0. The van der Waals surface area contributed by atoms with E-state index in [9.17, 15) is 9.59 Å². The molecule has 0 spiro atoms. The molecule has 1 fully saturated rings. The van der Waals surface area contributed by atoms with E-state index in [1.54, 1.807) is 0 Å². The van der Waals surface area contributed by atoms with Gasteiger partial charge in [0.15, 0.2) is 6.61 Å². The van der Waals surface area contributed by atoms with Crippen LogP contribution in [0.25, 0.3) is 0 Å². The van der Waals surface area contributed by atoms with E-state index in [0.29, 0.717) is 5.69 Å². The Hall–Kier alpha value is -2.62. The van der Waals surface area contributed by atoms with E-state index < -0.39 is 5.41 Å². The van der Waals surface area contributed by atoms with E-state index >= 15 is 0 Å². The minimum Gasteiger partial charge on any atom is -0.455 e. The van der Waals surface area contributed by atoms with Crippen LogP contribution in [0.1, 0.15) is 36.8 Å². The predicted octanol–water partition coefficient (Wildman–Crippen LogP) is 3.99. The second-order valence-corrected chi connectivity index (χ2v) is 6.65.